The lowest BCUT2D eigenvalue weighted by Crippen LogP contribution is -2.34. The SMILES string of the molecule is COc1ccccc1C(=O)NC(=O)COC(=O)c1cccc2ccccc12. The summed E-state index contributed by atoms with van der Waals surface area (Å²) in [7, 11) is 1.43. The van der Waals surface area contributed by atoms with Gasteiger partial charge in [0.2, 0.25) is 0 Å². The van der Waals surface area contributed by atoms with Gasteiger partial charge in [-0.1, -0.05) is 48.5 Å². The fraction of sp³-hybridized carbons (Fsp3) is 0.0952. The van der Waals surface area contributed by atoms with Crippen LogP contribution in [0.15, 0.2) is 66.7 Å². The Bertz CT molecular complexity index is 1010. The monoisotopic (exact) mass is 363 g/mol. The van der Waals surface area contributed by atoms with Crippen molar-refractivity contribution in [1.82, 2.24) is 5.32 Å². The first kappa shape index (κ1) is 18.1. The first-order valence-electron chi connectivity index (χ1n) is 8.22. The predicted molar refractivity (Wildman–Crippen MR) is 99.7 cm³/mol. The van der Waals surface area contributed by atoms with Crippen LogP contribution in [0.25, 0.3) is 10.8 Å². The van der Waals surface area contributed by atoms with Gasteiger partial charge in [-0.05, 0) is 29.0 Å². The average Bonchev–Trinajstić information content (AvgIpc) is 2.71. The summed E-state index contributed by atoms with van der Waals surface area (Å²) in [4.78, 5) is 36.5. The van der Waals surface area contributed by atoms with Crippen LogP contribution in [0.1, 0.15) is 20.7 Å². The molecule has 0 saturated carbocycles. The van der Waals surface area contributed by atoms with Crippen LogP contribution in [0.5, 0.6) is 5.75 Å². The molecule has 1 N–H and O–H groups in total. The third kappa shape index (κ3) is 4.12. The number of ether oxygens (including phenoxy) is 2. The standard InChI is InChI=1S/C21H17NO5/c1-26-18-12-5-4-10-17(18)20(24)22-19(23)13-27-21(25)16-11-6-8-14-7-2-3-9-15(14)16/h2-12H,13H2,1H3,(H,22,23,24). The molecule has 0 saturated heterocycles. The van der Waals surface area contributed by atoms with Gasteiger partial charge in [-0.15, -0.1) is 0 Å². The Morgan fingerprint density at radius 2 is 1.52 bits per heavy atom. The molecule has 0 spiro atoms. The van der Waals surface area contributed by atoms with E-state index in [1.807, 2.05) is 24.3 Å². The highest BCUT2D eigenvalue weighted by molar-refractivity contribution is 6.08. The predicted octanol–water partition coefficient (Wildman–Crippen LogP) is 2.96. The van der Waals surface area contributed by atoms with Crippen LogP contribution in [0.4, 0.5) is 0 Å². The molecule has 136 valence electrons. The van der Waals surface area contributed by atoms with Gasteiger partial charge in [0.15, 0.2) is 6.61 Å². The van der Waals surface area contributed by atoms with Gasteiger partial charge in [-0.25, -0.2) is 4.79 Å². The summed E-state index contributed by atoms with van der Waals surface area (Å²) in [5.74, 6) is -1.64. The maximum Gasteiger partial charge on any atom is 0.339 e. The van der Waals surface area contributed by atoms with Crippen LogP contribution in [0.2, 0.25) is 0 Å². The quantitative estimate of drug-likeness (QED) is 0.705. The maximum absolute atomic E-state index is 12.3. The number of amides is 2. The summed E-state index contributed by atoms with van der Waals surface area (Å²) in [5.41, 5.74) is 0.575. The highest BCUT2D eigenvalue weighted by Crippen LogP contribution is 2.19. The Morgan fingerprint density at radius 3 is 2.33 bits per heavy atom. The smallest absolute Gasteiger partial charge is 0.339 e. The van der Waals surface area contributed by atoms with Crippen LogP contribution >= 0.6 is 0 Å². The number of rotatable bonds is 5. The Balaban J connectivity index is 1.63. The lowest BCUT2D eigenvalue weighted by Gasteiger charge is -2.09. The van der Waals surface area contributed by atoms with Crippen molar-refractivity contribution in [1.29, 1.82) is 0 Å². The molecular formula is C21H17NO5. The van der Waals surface area contributed by atoms with Crippen LogP contribution < -0.4 is 10.1 Å². The number of hydrogen-bond acceptors (Lipinski definition) is 5. The molecule has 6 heteroatoms. The molecule has 3 aromatic carbocycles. The van der Waals surface area contributed by atoms with Gasteiger partial charge >= 0.3 is 5.97 Å². The molecule has 3 aromatic rings. The van der Waals surface area contributed by atoms with E-state index in [9.17, 15) is 14.4 Å². The molecule has 2 amide bonds. The van der Waals surface area contributed by atoms with E-state index in [0.29, 0.717) is 11.3 Å². The average molecular weight is 363 g/mol. The number of para-hydroxylation sites is 1. The summed E-state index contributed by atoms with van der Waals surface area (Å²) in [6.07, 6.45) is 0. The molecule has 0 heterocycles. The zero-order chi connectivity index (χ0) is 19.2. The molecule has 0 radical (unpaired) electrons. The minimum absolute atomic E-state index is 0.216. The molecule has 0 aliphatic rings. The summed E-state index contributed by atoms with van der Waals surface area (Å²) >= 11 is 0. The van der Waals surface area contributed by atoms with Crippen molar-refractivity contribution in [3.8, 4) is 5.75 Å². The molecular weight excluding hydrogens is 346 g/mol. The highest BCUT2D eigenvalue weighted by Gasteiger charge is 2.17. The van der Waals surface area contributed by atoms with E-state index in [-0.39, 0.29) is 5.56 Å². The second kappa shape index (κ2) is 8.14. The number of carbonyl (C=O) groups is 3. The molecule has 0 bridgehead atoms. The second-order valence-corrected chi connectivity index (χ2v) is 5.68. The molecule has 0 unspecified atom stereocenters. The number of benzene rings is 3. The molecule has 3 rings (SSSR count). The zero-order valence-corrected chi connectivity index (χ0v) is 14.6. The number of carbonyl (C=O) groups excluding carboxylic acids is 3. The van der Waals surface area contributed by atoms with Gasteiger partial charge in [0.1, 0.15) is 5.75 Å². The van der Waals surface area contributed by atoms with Crippen LogP contribution in [-0.2, 0) is 9.53 Å². The van der Waals surface area contributed by atoms with Crippen molar-refractivity contribution in [3.05, 3.63) is 77.9 Å². The Kier molecular flexibility index (Phi) is 5.47. The van der Waals surface area contributed by atoms with Crippen molar-refractivity contribution >= 4 is 28.6 Å². The minimum Gasteiger partial charge on any atom is -0.496 e. The first-order chi connectivity index (χ1) is 13.1. The number of hydrogen-bond donors (Lipinski definition) is 1. The number of nitrogens with one attached hydrogen (secondary N) is 1. The van der Waals surface area contributed by atoms with E-state index < -0.39 is 24.4 Å². The van der Waals surface area contributed by atoms with E-state index in [1.165, 1.54) is 13.2 Å². The van der Waals surface area contributed by atoms with Crippen LogP contribution in [-0.4, -0.2) is 31.5 Å². The summed E-state index contributed by atoms with van der Waals surface area (Å²) in [6, 6.07) is 19.1. The summed E-state index contributed by atoms with van der Waals surface area (Å²) in [5, 5.41) is 3.80. The van der Waals surface area contributed by atoms with Gasteiger partial charge in [0.25, 0.3) is 11.8 Å². The van der Waals surface area contributed by atoms with E-state index in [4.69, 9.17) is 9.47 Å². The minimum atomic E-state index is -0.723. The lowest BCUT2D eigenvalue weighted by atomic mass is 10.1. The molecule has 0 atom stereocenters. The number of methoxy groups -OCH3 is 1. The van der Waals surface area contributed by atoms with Crippen molar-refractivity contribution < 1.29 is 23.9 Å². The van der Waals surface area contributed by atoms with Gasteiger partial charge in [-0.2, -0.15) is 0 Å². The molecule has 6 nitrogen and oxygen atoms in total. The molecule has 0 aliphatic heterocycles. The molecule has 27 heavy (non-hydrogen) atoms. The van der Waals surface area contributed by atoms with Crippen molar-refractivity contribution in [2.75, 3.05) is 13.7 Å². The van der Waals surface area contributed by atoms with E-state index in [1.54, 1.807) is 36.4 Å². The van der Waals surface area contributed by atoms with E-state index in [2.05, 4.69) is 5.32 Å². The topological polar surface area (TPSA) is 81.7 Å². The Labute approximate surface area is 155 Å². The van der Waals surface area contributed by atoms with Gasteiger partial charge in [-0.3, -0.25) is 14.9 Å². The number of imide groups is 1. The first-order valence-corrected chi connectivity index (χ1v) is 8.22. The van der Waals surface area contributed by atoms with Gasteiger partial charge in [0, 0.05) is 0 Å². The van der Waals surface area contributed by atoms with Crippen LogP contribution in [0.3, 0.4) is 0 Å². The van der Waals surface area contributed by atoms with Crippen molar-refractivity contribution in [2.45, 2.75) is 0 Å². The number of esters is 1. The molecule has 0 fully saturated rings. The fourth-order valence-corrected chi connectivity index (χ4v) is 2.67. The third-order valence-electron chi connectivity index (χ3n) is 3.95. The maximum atomic E-state index is 12.3. The highest BCUT2D eigenvalue weighted by atomic mass is 16.5. The molecule has 0 aliphatic carbocycles. The molecule has 0 aromatic heterocycles. The number of fused-ring (bicyclic) bond motifs is 1. The fourth-order valence-electron chi connectivity index (χ4n) is 2.67. The van der Waals surface area contributed by atoms with Gasteiger partial charge < -0.3 is 9.47 Å². The van der Waals surface area contributed by atoms with E-state index >= 15 is 0 Å². The Hall–Kier alpha value is -3.67. The lowest BCUT2D eigenvalue weighted by molar-refractivity contribution is -0.123. The van der Waals surface area contributed by atoms with Gasteiger partial charge in [0.05, 0.1) is 18.2 Å². The second-order valence-electron chi connectivity index (χ2n) is 5.68. The summed E-state index contributed by atoms with van der Waals surface area (Å²) in [6.45, 7) is -0.567. The zero-order valence-electron chi connectivity index (χ0n) is 14.6. The summed E-state index contributed by atoms with van der Waals surface area (Å²) < 4.78 is 10.1. The largest absolute Gasteiger partial charge is 0.496 e. The van der Waals surface area contributed by atoms with Crippen molar-refractivity contribution in [2.24, 2.45) is 0 Å². The third-order valence-corrected chi connectivity index (χ3v) is 3.95. The normalized spacial score (nSPS) is 10.3. The Morgan fingerprint density at radius 1 is 0.852 bits per heavy atom. The van der Waals surface area contributed by atoms with E-state index in [0.717, 1.165) is 10.8 Å². The van der Waals surface area contributed by atoms with Crippen molar-refractivity contribution in [3.63, 3.8) is 0 Å². The van der Waals surface area contributed by atoms with Crippen LogP contribution in [0, 0.1) is 0 Å².